The van der Waals surface area contributed by atoms with Gasteiger partial charge in [0.1, 0.15) is 19.8 Å². The van der Waals surface area contributed by atoms with Crippen LogP contribution in [0.4, 0.5) is 5.69 Å². The summed E-state index contributed by atoms with van der Waals surface area (Å²) in [6.45, 7) is 4.41. The third-order valence-corrected chi connectivity index (χ3v) is 5.93. The number of hydrogen-bond donors (Lipinski definition) is 0. The standard InChI is InChI=1S/C20H22ClN3O3S/c1-3-9-22(20(27)17-8-5-10-28-17)11-18(25)23-12-19(26)24(13-23)16-7-4-6-15(21)14(16)2/h4-8,10H,3,9,11-13H2,1-2H3. The second kappa shape index (κ2) is 8.75. The van der Waals surface area contributed by atoms with Gasteiger partial charge in [-0.15, -0.1) is 11.3 Å². The zero-order chi connectivity index (χ0) is 20.3. The maximum Gasteiger partial charge on any atom is 0.264 e. The number of halogens is 1. The summed E-state index contributed by atoms with van der Waals surface area (Å²) < 4.78 is 0. The summed E-state index contributed by atoms with van der Waals surface area (Å²) >= 11 is 7.52. The fourth-order valence-corrected chi connectivity index (χ4v) is 4.02. The highest BCUT2D eigenvalue weighted by molar-refractivity contribution is 7.12. The number of amides is 3. The summed E-state index contributed by atoms with van der Waals surface area (Å²) in [5, 5.41) is 2.41. The highest BCUT2D eigenvalue weighted by atomic mass is 35.5. The molecule has 0 radical (unpaired) electrons. The molecule has 0 atom stereocenters. The van der Waals surface area contributed by atoms with Crippen molar-refractivity contribution in [1.29, 1.82) is 0 Å². The van der Waals surface area contributed by atoms with Crippen molar-refractivity contribution in [3.05, 3.63) is 51.2 Å². The number of rotatable bonds is 6. The molecule has 0 N–H and O–H groups in total. The monoisotopic (exact) mass is 419 g/mol. The molecule has 28 heavy (non-hydrogen) atoms. The summed E-state index contributed by atoms with van der Waals surface area (Å²) in [5.74, 6) is -0.558. The van der Waals surface area contributed by atoms with Crippen LogP contribution in [0.3, 0.4) is 0 Å². The van der Waals surface area contributed by atoms with Crippen molar-refractivity contribution in [2.24, 2.45) is 0 Å². The molecule has 0 aliphatic carbocycles. The second-order valence-electron chi connectivity index (χ2n) is 6.64. The molecular weight excluding hydrogens is 398 g/mol. The highest BCUT2D eigenvalue weighted by Crippen LogP contribution is 2.28. The van der Waals surface area contributed by atoms with Crippen LogP contribution in [0.2, 0.25) is 5.02 Å². The molecule has 0 bridgehead atoms. The molecular formula is C20H22ClN3O3S. The molecule has 1 aliphatic rings. The summed E-state index contributed by atoms with van der Waals surface area (Å²) in [5.41, 5.74) is 1.50. The molecule has 148 valence electrons. The maximum atomic E-state index is 12.8. The van der Waals surface area contributed by atoms with Crippen LogP contribution in [0, 0.1) is 6.92 Å². The Hall–Kier alpha value is -2.38. The van der Waals surface area contributed by atoms with Gasteiger partial charge in [-0.05, 0) is 42.5 Å². The lowest BCUT2D eigenvalue weighted by Crippen LogP contribution is -2.43. The van der Waals surface area contributed by atoms with Gasteiger partial charge < -0.3 is 9.80 Å². The topological polar surface area (TPSA) is 60.9 Å². The SMILES string of the molecule is CCCN(CC(=O)N1CC(=O)N(c2cccc(Cl)c2C)C1)C(=O)c1cccs1. The third-order valence-electron chi connectivity index (χ3n) is 4.66. The molecule has 1 aliphatic heterocycles. The van der Waals surface area contributed by atoms with Gasteiger partial charge in [0.15, 0.2) is 0 Å². The van der Waals surface area contributed by atoms with Gasteiger partial charge in [-0.25, -0.2) is 0 Å². The first-order chi connectivity index (χ1) is 13.4. The van der Waals surface area contributed by atoms with Gasteiger partial charge >= 0.3 is 0 Å². The molecule has 0 saturated carbocycles. The molecule has 1 aromatic carbocycles. The van der Waals surface area contributed by atoms with Gasteiger partial charge in [0.2, 0.25) is 11.8 Å². The third kappa shape index (κ3) is 4.20. The van der Waals surface area contributed by atoms with Crippen LogP contribution in [-0.4, -0.2) is 53.8 Å². The van der Waals surface area contributed by atoms with E-state index >= 15 is 0 Å². The Morgan fingerprint density at radius 2 is 2.04 bits per heavy atom. The van der Waals surface area contributed by atoms with E-state index in [1.54, 1.807) is 28.0 Å². The van der Waals surface area contributed by atoms with Gasteiger partial charge in [0.25, 0.3) is 5.91 Å². The Balaban J connectivity index is 1.71. The summed E-state index contributed by atoms with van der Waals surface area (Å²) in [7, 11) is 0. The molecule has 3 amide bonds. The summed E-state index contributed by atoms with van der Waals surface area (Å²) in [6, 6.07) is 8.93. The number of benzene rings is 1. The Kier molecular flexibility index (Phi) is 6.36. The molecule has 2 heterocycles. The minimum atomic E-state index is -0.242. The average Bonchev–Trinajstić information content (AvgIpc) is 3.33. The van der Waals surface area contributed by atoms with Gasteiger partial charge in [0.05, 0.1) is 4.88 Å². The van der Waals surface area contributed by atoms with E-state index < -0.39 is 0 Å². The number of thiophene rings is 1. The minimum absolute atomic E-state index is 0.00204. The Morgan fingerprint density at radius 3 is 2.71 bits per heavy atom. The first kappa shape index (κ1) is 20.4. The van der Waals surface area contributed by atoms with Gasteiger partial charge in [0, 0.05) is 17.3 Å². The maximum absolute atomic E-state index is 12.8. The van der Waals surface area contributed by atoms with Crippen LogP contribution < -0.4 is 4.90 Å². The Labute approximate surface area is 173 Å². The first-order valence-electron chi connectivity index (χ1n) is 9.08. The lowest BCUT2D eigenvalue weighted by Gasteiger charge is -2.24. The number of carbonyl (C=O) groups is 3. The summed E-state index contributed by atoms with van der Waals surface area (Å²) in [4.78, 5) is 43.1. The van der Waals surface area contributed by atoms with E-state index in [2.05, 4.69) is 0 Å². The van der Waals surface area contributed by atoms with E-state index in [1.165, 1.54) is 16.2 Å². The van der Waals surface area contributed by atoms with Crippen molar-refractivity contribution in [2.75, 3.05) is 31.2 Å². The second-order valence-corrected chi connectivity index (χ2v) is 8.00. The smallest absolute Gasteiger partial charge is 0.264 e. The van der Waals surface area contributed by atoms with E-state index in [9.17, 15) is 14.4 Å². The van der Waals surface area contributed by atoms with E-state index in [4.69, 9.17) is 11.6 Å². The fourth-order valence-electron chi connectivity index (χ4n) is 3.16. The van der Waals surface area contributed by atoms with Crippen molar-refractivity contribution in [3.63, 3.8) is 0 Å². The van der Waals surface area contributed by atoms with E-state index in [1.807, 2.05) is 31.4 Å². The van der Waals surface area contributed by atoms with Gasteiger partial charge in [-0.1, -0.05) is 30.7 Å². The molecule has 0 spiro atoms. The lowest BCUT2D eigenvalue weighted by atomic mass is 10.2. The minimum Gasteiger partial charge on any atom is -0.329 e. The molecule has 1 aromatic heterocycles. The molecule has 3 rings (SSSR count). The molecule has 0 unspecified atom stereocenters. The van der Waals surface area contributed by atoms with E-state index in [0.717, 1.165) is 12.0 Å². The largest absolute Gasteiger partial charge is 0.329 e. The van der Waals surface area contributed by atoms with Gasteiger partial charge in [-0.3, -0.25) is 19.3 Å². The molecule has 2 aromatic rings. The normalized spacial score (nSPS) is 13.9. The quantitative estimate of drug-likeness (QED) is 0.721. The van der Waals surface area contributed by atoms with Crippen LogP contribution >= 0.6 is 22.9 Å². The predicted octanol–water partition coefficient (Wildman–Crippen LogP) is 3.40. The van der Waals surface area contributed by atoms with Crippen molar-refractivity contribution >= 4 is 46.3 Å². The fraction of sp³-hybridized carbons (Fsp3) is 0.350. The van der Waals surface area contributed by atoms with Crippen LogP contribution in [0.15, 0.2) is 35.7 Å². The van der Waals surface area contributed by atoms with Crippen molar-refractivity contribution in [1.82, 2.24) is 9.80 Å². The Bertz CT molecular complexity index is 885. The number of anilines is 1. The van der Waals surface area contributed by atoms with E-state index in [0.29, 0.717) is 22.1 Å². The van der Waals surface area contributed by atoms with Gasteiger partial charge in [-0.2, -0.15) is 0 Å². The zero-order valence-electron chi connectivity index (χ0n) is 15.9. The Morgan fingerprint density at radius 1 is 1.25 bits per heavy atom. The number of nitrogens with zero attached hydrogens (tertiary/aromatic N) is 3. The van der Waals surface area contributed by atoms with Crippen molar-refractivity contribution in [3.8, 4) is 0 Å². The number of carbonyl (C=O) groups excluding carboxylic acids is 3. The molecule has 1 saturated heterocycles. The molecule has 1 fully saturated rings. The highest BCUT2D eigenvalue weighted by Gasteiger charge is 2.33. The molecule has 8 heteroatoms. The lowest BCUT2D eigenvalue weighted by molar-refractivity contribution is -0.132. The number of hydrogen-bond acceptors (Lipinski definition) is 4. The predicted molar refractivity (Wildman–Crippen MR) is 111 cm³/mol. The molecule has 6 nitrogen and oxygen atoms in total. The summed E-state index contributed by atoms with van der Waals surface area (Å²) in [6.07, 6.45) is 0.747. The average molecular weight is 420 g/mol. The van der Waals surface area contributed by atoms with Crippen LogP contribution in [0.1, 0.15) is 28.6 Å². The van der Waals surface area contributed by atoms with Crippen LogP contribution in [0.5, 0.6) is 0 Å². The zero-order valence-corrected chi connectivity index (χ0v) is 17.4. The van der Waals surface area contributed by atoms with E-state index in [-0.39, 0.29) is 37.5 Å². The van der Waals surface area contributed by atoms with Crippen LogP contribution in [-0.2, 0) is 9.59 Å². The van der Waals surface area contributed by atoms with Crippen LogP contribution in [0.25, 0.3) is 0 Å². The first-order valence-corrected chi connectivity index (χ1v) is 10.3. The van der Waals surface area contributed by atoms with Crippen molar-refractivity contribution < 1.29 is 14.4 Å². The van der Waals surface area contributed by atoms with Crippen molar-refractivity contribution in [2.45, 2.75) is 20.3 Å².